The second kappa shape index (κ2) is 8.66. The van der Waals surface area contributed by atoms with Crippen molar-refractivity contribution in [3.8, 4) is 0 Å². The standard InChI is InChI=1S/C19H23ClN2O3S/c1-13-7-8-18(11-14(13)2)26(24,25)21-10-9-19(23)22-15(3)16-5-4-6-17(20)12-16/h4-8,11-12,15,21H,9-10H2,1-3H3,(H,22,23). The predicted molar refractivity (Wildman–Crippen MR) is 104 cm³/mol. The van der Waals surface area contributed by atoms with Gasteiger partial charge in [0.1, 0.15) is 0 Å². The van der Waals surface area contributed by atoms with Crippen LogP contribution in [0.3, 0.4) is 0 Å². The molecule has 140 valence electrons. The molecule has 2 aromatic rings. The maximum atomic E-state index is 12.3. The van der Waals surface area contributed by atoms with Crippen LogP contribution in [0.4, 0.5) is 0 Å². The van der Waals surface area contributed by atoms with Crippen LogP contribution in [-0.4, -0.2) is 20.9 Å². The van der Waals surface area contributed by atoms with Crippen molar-refractivity contribution in [1.29, 1.82) is 0 Å². The van der Waals surface area contributed by atoms with E-state index >= 15 is 0 Å². The Labute approximate surface area is 159 Å². The molecule has 0 spiro atoms. The lowest BCUT2D eigenvalue weighted by Crippen LogP contribution is -2.32. The van der Waals surface area contributed by atoms with E-state index in [2.05, 4.69) is 10.0 Å². The van der Waals surface area contributed by atoms with Crippen LogP contribution in [0.5, 0.6) is 0 Å². The van der Waals surface area contributed by atoms with Crippen LogP contribution >= 0.6 is 11.6 Å². The predicted octanol–water partition coefficient (Wildman–Crippen LogP) is 3.50. The second-order valence-corrected chi connectivity index (χ2v) is 8.44. The Balaban J connectivity index is 1.88. The molecule has 26 heavy (non-hydrogen) atoms. The van der Waals surface area contributed by atoms with Crippen LogP contribution in [0.2, 0.25) is 5.02 Å². The van der Waals surface area contributed by atoms with Crippen LogP contribution in [0.25, 0.3) is 0 Å². The zero-order valence-electron chi connectivity index (χ0n) is 15.0. The first kappa shape index (κ1) is 20.4. The quantitative estimate of drug-likeness (QED) is 0.754. The third kappa shape index (κ3) is 5.56. The van der Waals surface area contributed by atoms with Crippen molar-refractivity contribution in [2.45, 2.75) is 38.1 Å². The van der Waals surface area contributed by atoms with Gasteiger partial charge in [-0.15, -0.1) is 0 Å². The van der Waals surface area contributed by atoms with Gasteiger partial charge in [0.05, 0.1) is 10.9 Å². The van der Waals surface area contributed by atoms with E-state index in [1.165, 1.54) is 0 Å². The smallest absolute Gasteiger partial charge is 0.240 e. The summed E-state index contributed by atoms with van der Waals surface area (Å²) in [5.41, 5.74) is 2.82. The Morgan fingerprint density at radius 2 is 1.85 bits per heavy atom. The largest absolute Gasteiger partial charge is 0.350 e. The number of rotatable bonds is 7. The second-order valence-electron chi connectivity index (χ2n) is 6.24. The molecule has 5 nitrogen and oxygen atoms in total. The molecule has 0 fully saturated rings. The lowest BCUT2D eigenvalue weighted by atomic mass is 10.1. The number of hydrogen-bond acceptors (Lipinski definition) is 3. The van der Waals surface area contributed by atoms with Gasteiger partial charge >= 0.3 is 0 Å². The number of hydrogen-bond donors (Lipinski definition) is 2. The highest BCUT2D eigenvalue weighted by molar-refractivity contribution is 7.89. The van der Waals surface area contributed by atoms with E-state index in [9.17, 15) is 13.2 Å². The van der Waals surface area contributed by atoms with E-state index in [0.29, 0.717) is 5.02 Å². The zero-order chi connectivity index (χ0) is 19.3. The molecule has 0 radical (unpaired) electrons. The van der Waals surface area contributed by atoms with Gasteiger partial charge in [0.25, 0.3) is 0 Å². The van der Waals surface area contributed by atoms with Crippen LogP contribution in [-0.2, 0) is 14.8 Å². The average Bonchev–Trinajstić information content (AvgIpc) is 2.57. The first-order valence-electron chi connectivity index (χ1n) is 8.31. The Morgan fingerprint density at radius 3 is 2.50 bits per heavy atom. The van der Waals surface area contributed by atoms with E-state index in [4.69, 9.17) is 11.6 Å². The van der Waals surface area contributed by atoms with Gasteiger partial charge in [0.2, 0.25) is 15.9 Å². The van der Waals surface area contributed by atoms with Crippen molar-refractivity contribution in [3.63, 3.8) is 0 Å². The Morgan fingerprint density at radius 1 is 1.12 bits per heavy atom. The molecule has 1 atom stereocenters. The highest BCUT2D eigenvalue weighted by atomic mass is 35.5. The summed E-state index contributed by atoms with van der Waals surface area (Å²) in [7, 11) is -3.63. The molecule has 1 amide bonds. The minimum atomic E-state index is -3.63. The summed E-state index contributed by atoms with van der Waals surface area (Å²) in [5, 5.41) is 3.44. The van der Waals surface area contributed by atoms with E-state index in [1.54, 1.807) is 30.3 Å². The van der Waals surface area contributed by atoms with Crippen molar-refractivity contribution < 1.29 is 13.2 Å². The lowest BCUT2D eigenvalue weighted by molar-refractivity contribution is -0.121. The van der Waals surface area contributed by atoms with Crippen molar-refractivity contribution in [3.05, 3.63) is 64.2 Å². The monoisotopic (exact) mass is 394 g/mol. The third-order valence-electron chi connectivity index (χ3n) is 4.16. The number of carbonyl (C=O) groups is 1. The first-order valence-corrected chi connectivity index (χ1v) is 10.2. The molecule has 2 rings (SSSR count). The molecular formula is C19H23ClN2O3S. The summed E-state index contributed by atoms with van der Waals surface area (Å²) in [6, 6.07) is 12.0. The molecule has 7 heteroatoms. The van der Waals surface area contributed by atoms with Gasteiger partial charge in [0, 0.05) is 18.0 Å². The highest BCUT2D eigenvalue weighted by Crippen LogP contribution is 2.17. The summed E-state index contributed by atoms with van der Waals surface area (Å²) in [5.74, 6) is -0.236. The number of benzene rings is 2. The van der Waals surface area contributed by atoms with E-state index in [-0.39, 0.29) is 29.8 Å². The van der Waals surface area contributed by atoms with Crippen LogP contribution in [0.15, 0.2) is 47.4 Å². The Kier molecular flexibility index (Phi) is 6.81. The molecule has 0 aliphatic rings. The number of halogens is 1. The molecule has 0 aromatic heterocycles. The summed E-state index contributed by atoms with van der Waals surface area (Å²) in [4.78, 5) is 12.3. The minimum Gasteiger partial charge on any atom is -0.350 e. The average molecular weight is 395 g/mol. The number of amides is 1. The zero-order valence-corrected chi connectivity index (χ0v) is 16.6. The molecule has 0 saturated carbocycles. The number of carbonyl (C=O) groups excluding carboxylic acids is 1. The van der Waals surface area contributed by atoms with Gasteiger partial charge in [-0.25, -0.2) is 13.1 Å². The van der Waals surface area contributed by atoms with Gasteiger partial charge in [0.15, 0.2) is 0 Å². The van der Waals surface area contributed by atoms with E-state index in [1.807, 2.05) is 32.9 Å². The van der Waals surface area contributed by atoms with Gasteiger partial charge in [-0.3, -0.25) is 4.79 Å². The normalized spacial score (nSPS) is 12.6. The molecule has 0 heterocycles. The van der Waals surface area contributed by atoms with Gasteiger partial charge in [-0.05, 0) is 61.7 Å². The van der Waals surface area contributed by atoms with Gasteiger partial charge in [-0.1, -0.05) is 29.8 Å². The summed E-state index contributed by atoms with van der Waals surface area (Å²) < 4.78 is 27.1. The van der Waals surface area contributed by atoms with Gasteiger partial charge in [-0.2, -0.15) is 0 Å². The molecule has 0 bridgehead atoms. The number of aryl methyl sites for hydroxylation is 2. The molecule has 0 saturated heterocycles. The van der Waals surface area contributed by atoms with E-state index < -0.39 is 10.0 Å². The van der Waals surface area contributed by atoms with Gasteiger partial charge < -0.3 is 5.32 Å². The highest BCUT2D eigenvalue weighted by Gasteiger charge is 2.16. The fourth-order valence-corrected chi connectivity index (χ4v) is 3.75. The molecule has 1 unspecified atom stereocenters. The molecule has 2 aromatic carbocycles. The lowest BCUT2D eigenvalue weighted by Gasteiger charge is -2.15. The molecule has 2 N–H and O–H groups in total. The maximum Gasteiger partial charge on any atom is 0.240 e. The fraction of sp³-hybridized carbons (Fsp3) is 0.316. The van der Waals surface area contributed by atoms with Crippen molar-refractivity contribution in [1.82, 2.24) is 10.0 Å². The topological polar surface area (TPSA) is 75.3 Å². The van der Waals surface area contributed by atoms with Crippen LogP contribution < -0.4 is 10.0 Å². The Bertz CT molecular complexity index is 897. The number of nitrogens with one attached hydrogen (secondary N) is 2. The van der Waals surface area contributed by atoms with Crippen molar-refractivity contribution in [2.75, 3.05) is 6.54 Å². The summed E-state index contributed by atoms with van der Waals surface area (Å²) in [6.07, 6.45) is 0.0506. The third-order valence-corrected chi connectivity index (χ3v) is 5.85. The van der Waals surface area contributed by atoms with Crippen LogP contribution in [0, 0.1) is 13.8 Å². The SMILES string of the molecule is Cc1ccc(S(=O)(=O)NCCC(=O)NC(C)c2cccc(Cl)c2)cc1C. The summed E-state index contributed by atoms with van der Waals surface area (Å²) >= 11 is 5.95. The van der Waals surface area contributed by atoms with E-state index in [0.717, 1.165) is 16.7 Å². The molecular weight excluding hydrogens is 372 g/mol. The maximum absolute atomic E-state index is 12.3. The molecule has 0 aliphatic carbocycles. The van der Waals surface area contributed by atoms with Crippen LogP contribution in [0.1, 0.15) is 36.1 Å². The fourth-order valence-electron chi connectivity index (χ4n) is 2.44. The molecule has 0 aliphatic heterocycles. The first-order chi connectivity index (χ1) is 12.2. The summed E-state index contributed by atoms with van der Waals surface area (Å²) in [6.45, 7) is 5.66. The van der Waals surface area contributed by atoms with Crippen molar-refractivity contribution in [2.24, 2.45) is 0 Å². The van der Waals surface area contributed by atoms with Crippen molar-refractivity contribution >= 4 is 27.5 Å². The number of sulfonamides is 1. The Hall–Kier alpha value is -1.89. The minimum absolute atomic E-state index is 0.0311.